The Labute approximate surface area is 241 Å². The Kier molecular flexibility index (Phi) is 12.9. The summed E-state index contributed by atoms with van der Waals surface area (Å²) in [5.41, 5.74) is 0.824. The smallest absolute Gasteiger partial charge is 0.179 e. The Morgan fingerprint density at radius 3 is 2.45 bits per heavy atom. The average molecular weight is 577 g/mol. The minimum Gasteiger partial charge on any atom is -0.491 e. The van der Waals surface area contributed by atoms with Crippen LogP contribution in [-0.2, 0) is 24.0 Å². The zero-order valence-electron chi connectivity index (χ0n) is 24.6. The van der Waals surface area contributed by atoms with E-state index in [0.29, 0.717) is 57.2 Å². The SMILES string of the molecule is CCCC[C@]1(CC)CS(=O)(=O)c2cc(OCC(C)OCCCCOCCOC)ccc2[C@@H](c2ccccc2)[C@H]1O. The maximum Gasteiger partial charge on any atom is 0.179 e. The van der Waals surface area contributed by atoms with Crippen LogP contribution < -0.4 is 4.74 Å². The molecule has 0 spiro atoms. The predicted octanol–water partition coefficient (Wildman–Crippen LogP) is 5.78. The van der Waals surface area contributed by atoms with Gasteiger partial charge >= 0.3 is 0 Å². The molecular weight excluding hydrogens is 528 g/mol. The molecule has 1 heterocycles. The van der Waals surface area contributed by atoms with E-state index in [2.05, 4.69) is 6.92 Å². The highest BCUT2D eigenvalue weighted by molar-refractivity contribution is 7.91. The van der Waals surface area contributed by atoms with Gasteiger partial charge in [0.2, 0.25) is 0 Å². The van der Waals surface area contributed by atoms with Gasteiger partial charge in [0.25, 0.3) is 0 Å². The molecule has 2 aromatic rings. The number of ether oxygens (including phenoxy) is 4. The van der Waals surface area contributed by atoms with E-state index in [1.165, 1.54) is 0 Å². The van der Waals surface area contributed by atoms with Gasteiger partial charge in [-0.25, -0.2) is 8.42 Å². The standard InChI is InChI=1S/C32H48O7S/c1-5-7-17-32(6-2)24-40(34,35)29-22-27(39-23-25(3)38-19-12-11-18-37-21-20-36-4)15-16-28(29)30(31(32)33)26-13-9-8-10-14-26/h8-10,13-16,22,25,30-31,33H,5-7,11-12,17-21,23-24H2,1-4H3/t25?,30-,31-,32-/m1/s1. The Hall–Kier alpha value is -1.97. The molecule has 40 heavy (non-hydrogen) atoms. The van der Waals surface area contributed by atoms with E-state index < -0.39 is 27.3 Å². The average Bonchev–Trinajstić information content (AvgIpc) is 3.03. The molecule has 1 aliphatic rings. The first-order valence-corrected chi connectivity index (χ1v) is 16.3. The maximum absolute atomic E-state index is 13.9. The molecule has 0 bridgehead atoms. The summed E-state index contributed by atoms with van der Waals surface area (Å²) < 4.78 is 50.2. The van der Waals surface area contributed by atoms with E-state index in [9.17, 15) is 13.5 Å². The van der Waals surface area contributed by atoms with Crippen molar-refractivity contribution < 1.29 is 32.5 Å². The van der Waals surface area contributed by atoms with Gasteiger partial charge in [0.1, 0.15) is 12.4 Å². The number of sulfone groups is 1. The highest BCUT2D eigenvalue weighted by atomic mass is 32.2. The van der Waals surface area contributed by atoms with E-state index in [0.717, 1.165) is 31.2 Å². The number of aliphatic hydroxyl groups is 1. The van der Waals surface area contributed by atoms with Crippen molar-refractivity contribution in [2.24, 2.45) is 5.41 Å². The van der Waals surface area contributed by atoms with Gasteiger partial charge in [-0.15, -0.1) is 0 Å². The molecule has 0 amide bonds. The van der Waals surface area contributed by atoms with E-state index >= 15 is 0 Å². The van der Waals surface area contributed by atoms with Crippen LogP contribution in [0.5, 0.6) is 5.75 Å². The van der Waals surface area contributed by atoms with Crippen LogP contribution in [0.1, 0.15) is 76.3 Å². The largest absolute Gasteiger partial charge is 0.491 e. The summed E-state index contributed by atoms with van der Waals surface area (Å²) >= 11 is 0. The molecule has 7 nitrogen and oxygen atoms in total. The van der Waals surface area contributed by atoms with Gasteiger partial charge in [0, 0.05) is 31.7 Å². The summed E-state index contributed by atoms with van der Waals surface area (Å²) in [5, 5.41) is 11.9. The van der Waals surface area contributed by atoms with Crippen molar-refractivity contribution >= 4 is 9.84 Å². The quantitative estimate of drug-likeness (QED) is 0.239. The predicted molar refractivity (Wildman–Crippen MR) is 158 cm³/mol. The van der Waals surface area contributed by atoms with Gasteiger partial charge in [-0.2, -0.15) is 0 Å². The summed E-state index contributed by atoms with van der Waals surface area (Å²) in [6.45, 7) is 8.82. The van der Waals surface area contributed by atoms with Crippen molar-refractivity contribution in [1.82, 2.24) is 0 Å². The van der Waals surface area contributed by atoms with Gasteiger partial charge < -0.3 is 24.1 Å². The third-order valence-electron chi connectivity index (χ3n) is 7.97. The first kappa shape index (κ1) is 32.5. The van der Waals surface area contributed by atoms with Crippen LogP contribution in [0.15, 0.2) is 53.4 Å². The lowest BCUT2D eigenvalue weighted by Crippen LogP contribution is -2.42. The van der Waals surface area contributed by atoms with Gasteiger partial charge in [-0.1, -0.05) is 63.1 Å². The van der Waals surface area contributed by atoms with Crippen molar-refractivity contribution in [3.05, 3.63) is 59.7 Å². The third-order valence-corrected chi connectivity index (χ3v) is 9.95. The number of hydrogen-bond acceptors (Lipinski definition) is 7. The van der Waals surface area contributed by atoms with E-state index in [-0.39, 0.29) is 16.8 Å². The van der Waals surface area contributed by atoms with Crippen LogP contribution in [-0.4, -0.2) is 71.6 Å². The fourth-order valence-corrected chi connectivity index (χ4v) is 7.83. The molecule has 1 aliphatic heterocycles. The van der Waals surface area contributed by atoms with Crippen LogP contribution in [0.4, 0.5) is 0 Å². The molecule has 0 aromatic heterocycles. The van der Waals surface area contributed by atoms with Crippen LogP contribution >= 0.6 is 0 Å². The lowest BCUT2D eigenvalue weighted by molar-refractivity contribution is 0.0173. The summed E-state index contributed by atoms with van der Waals surface area (Å²) in [4.78, 5) is 0.256. The number of rotatable bonds is 17. The van der Waals surface area contributed by atoms with Gasteiger partial charge in [0.05, 0.1) is 36.1 Å². The molecule has 224 valence electrons. The van der Waals surface area contributed by atoms with Crippen LogP contribution in [0.25, 0.3) is 0 Å². The first-order chi connectivity index (χ1) is 19.3. The molecule has 0 fully saturated rings. The monoisotopic (exact) mass is 576 g/mol. The molecule has 0 saturated heterocycles. The number of hydrogen-bond donors (Lipinski definition) is 1. The van der Waals surface area contributed by atoms with E-state index in [1.807, 2.05) is 56.3 Å². The number of methoxy groups -OCH3 is 1. The minimum absolute atomic E-state index is 0.0772. The Morgan fingerprint density at radius 2 is 1.75 bits per heavy atom. The molecular formula is C32H48O7S. The summed E-state index contributed by atoms with van der Waals surface area (Å²) in [5.74, 6) is -0.0326. The maximum atomic E-state index is 13.9. The van der Waals surface area contributed by atoms with Crippen LogP contribution in [0, 0.1) is 5.41 Å². The normalized spacial score (nSPS) is 22.8. The summed E-state index contributed by atoms with van der Waals surface area (Å²) in [6, 6.07) is 15.0. The minimum atomic E-state index is -3.68. The highest BCUT2D eigenvalue weighted by Crippen LogP contribution is 2.49. The van der Waals surface area contributed by atoms with E-state index in [4.69, 9.17) is 18.9 Å². The van der Waals surface area contributed by atoms with Crippen LogP contribution in [0.3, 0.4) is 0 Å². The topological polar surface area (TPSA) is 91.3 Å². The zero-order valence-corrected chi connectivity index (χ0v) is 25.5. The molecule has 8 heteroatoms. The fraction of sp³-hybridized carbons (Fsp3) is 0.625. The Morgan fingerprint density at radius 1 is 1.00 bits per heavy atom. The number of benzene rings is 2. The van der Waals surface area contributed by atoms with Gasteiger partial charge in [-0.3, -0.25) is 0 Å². The second-order valence-electron chi connectivity index (χ2n) is 10.9. The molecule has 0 radical (unpaired) electrons. The lowest BCUT2D eigenvalue weighted by Gasteiger charge is -2.39. The molecule has 3 rings (SSSR count). The second kappa shape index (κ2) is 15.9. The Bertz CT molecular complexity index is 1120. The highest BCUT2D eigenvalue weighted by Gasteiger charge is 2.48. The number of aliphatic hydroxyl groups excluding tert-OH is 1. The van der Waals surface area contributed by atoms with E-state index in [1.54, 1.807) is 13.2 Å². The first-order valence-electron chi connectivity index (χ1n) is 14.7. The lowest BCUT2D eigenvalue weighted by atomic mass is 9.69. The summed E-state index contributed by atoms with van der Waals surface area (Å²) in [6.07, 6.45) is 3.88. The third kappa shape index (κ3) is 8.52. The van der Waals surface area contributed by atoms with Crippen molar-refractivity contribution in [1.29, 1.82) is 0 Å². The number of unbranched alkanes of at least 4 members (excludes halogenated alkanes) is 2. The zero-order chi connectivity index (χ0) is 29.0. The molecule has 0 aliphatic carbocycles. The van der Waals surface area contributed by atoms with Crippen molar-refractivity contribution in [2.75, 3.05) is 45.9 Å². The fourth-order valence-electron chi connectivity index (χ4n) is 5.55. The van der Waals surface area contributed by atoms with Gasteiger partial charge in [0.15, 0.2) is 9.84 Å². The van der Waals surface area contributed by atoms with Crippen molar-refractivity contribution in [3.8, 4) is 5.75 Å². The van der Waals surface area contributed by atoms with Crippen molar-refractivity contribution in [2.45, 2.75) is 82.3 Å². The number of fused-ring (bicyclic) bond motifs is 1. The molecule has 0 saturated carbocycles. The van der Waals surface area contributed by atoms with Crippen LogP contribution in [0.2, 0.25) is 0 Å². The molecule has 2 aromatic carbocycles. The van der Waals surface area contributed by atoms with Crippen molar-refractivity contribution in [3.63, 3.8) is 0 Å². The van der Waals surface area contributed by atoms with Gasteiger partial charge in [-0.05, 0) is 55.9 Å². The molecule has 4 atom stereocenters. The molecule has 1 N–H and O–H groups in total. The summed E-state index contributed by atoms with van der Waals surface area (Å²) in [7, 11) is -2.03. The Balaban J connectivity index is 1.76. The second-order valence-corrected chi connectivity index (χ2v) is 12.9. The molecule has 1 unspecified atom stereocenters.